The summed E-state index contributed by atoms with van der Waals surface area (Å²) in [6.07, 6.45) is 7.75. The molecule has 0 spiro atoms. The number of aromatic nitrogens is 1. The van der Waals surface area contributed by atoms with Gasteiger partial charge in [0.1, 0.15) is 11.5 Å². The number of rotatable bonds is 6. The Bertz CT molecular complexity index is 838. The number of benzene rings is 1. The summed E-state index contributed by atoms with van der Waals surface area (Å²) in [6, 6.07) is 5.85. The van der Waals surface area contributed by atoms with E-state index in [0.29, 0.717) is 35.5 Å². The zero-order valence-electron chi connectivity index (χ0n) is 15.4. The lowest BCUT2D eigenvalue weighted by Crippen LogP contribution is -2.35. The fraction of sp³-hybridized carbons (Fsp3) is 0.524. The normalized spacial score (nSPS) is 15.3. The van der Waals surface area contributed by atoms with Crippen molar-refractivity contribution in [1.82, 2.24) is 9.88 Å². The molecule has 1 aromatic carbocycles. The number of hydrogen-bond donors (Lipinski definition) is 1. The van der Waals surface area contributed by atoms with Gasteiger partial charge in [-0.2, -0.15) is 0 Å². The molecule has 1 fully saturated rings. The van der Waals surface area contributed by atoms with Crippen LogP contribution in [0.25, 0.3) is 10.8 Å². The number of nitrogens with one attached hydrogen (secondary N) is 1. The Morgan fingerprint density at radius 3 is 2.73 bits per heavy atom. The van der Waals surface area contributed by atoms with Crippen molar-refractivity contribution < 1.29 is 9.18 Å². The van der Waals surface area contributed by atoms with Gasteiger partial charge in [-0.05, 0) is 48.8 Å². The highest BCUT2D eigenvalue weighted by Gasteiger charge is 2.18. The molecule has 1 aliphatic carbocycles. The van der Waals surface area contributed by atoms with E-state index in [1.807, 2.05) is 6.92 Å². The van der Waals surface area contributed by atoms with Crippen LogP contribution in [0.3, 0.4) is 0 Å². The quantitative estimate of drug-likeness (QED) is 0.839. The highest BCUT2D eigenvalue weighted by atomic mass is 19.1. The molecule has 0 bridgehead atoms. The molecule has 5 heteroatoms. The maximum Gasteiger partial charge on any atom is 0.268 e. The number of hydrogen-bond acceptors (Lipinski definition) is 2. The second kappa shape index (κ2) is 8.47. The predicted molar refractivity (Wildman–Crippen MR) is 102 cm³/mol. The van der Waals surface area contributed by atoms with Crippen LogP contribution < -0.4 is 10.9 Å². The summed E-state index contributed by atoms with van der Waals surface area (Å²) in [5.41, 5.74) is 0.0802. The summed E-state index contributed by atoms with van der Waals surface area (Å²) in [5.74, 6) is -0.126. The molecule has 0 saturated heterocycles. The number of fused-ring (bicyclic) bond motifs is 1. The molecule has 1 saturated carbocycles. The van der Waals surface area contributed by atoms with Crippen LogP contribution in [0.5, 0.6) is 0 Å². The van der Waals surface area contributed by atoms with Gasteiger partial charge in [-0.1, -0.05) is 38.7 Å². The third kappa shape index (κ3) is 4.14. The van der Waals surface area contributed by atoms with Crippen molar-refractivity contribution in [2.45, 2.75) is 58.4 Å². The molecule has 0 aliphatic heterocycles. The Morgan fingerprint density at radius 2 is 2.00 bits per heavy atom. The van der Waals surface area contributed by atoms with Crippen molar-refractivity contribution in [2.24, 2.45) is 5.92 Å². The second-order valence-corrected chi connectivity index (χ2v) is 7.29. The van der Waals surface area contributed by atoms with Gasteiger partial charge in [-0.3, -0.25) is 9.59 Å². The second-order valence-electron chi connectivity index (χ2n) is 7.29. The SMILES string of the molecule is CCCCn1c(C(=O)NCC2CCCCC2)cc2ccc(F)cc2c1=O. The fourth-order valence-corrected chi connectivity index (χ4v) is 3.76. The molecule has 1 N–H and O–H groups in total. The Morgan fingerprint density at radius 1 is 1.23 bits per heavy atom. The van der Waals surface area contributed by atoms with Crippen LogP contribution in [0.15, 0.2) is 29.1 Å². The molecule has 4 nitrogen and oxygen atoms in total. The summed E-state index contributed by atoms with van der Waals surface area (Å²) in [6.45, 7) is 3.16. The van der Waals surface area contributed by atoms with Gasteiger partial charge in [0.2, 0.25) is 0 Å². The molecule has 2 aromatic rings. The van der Waals surface area contributed by atoms with Crippen LogP contribution in [0, 0.1) is 11.7 Å². The van der Waals surface area contributed by atoms with Crippen molar-refractivity contribution in [3.63, 3.8) is 0 Å². The largest absolute Gasteiger partial charge is 0.350 e. The first kappa shape index (κ1) is 18.6. The molecule has 1 amide bonds. The molecular formula is C21H27FN2O2. The zero-order valence-corrected chi connectivity index (χ0v) is 15.4. The van der Waals surface area contributed by atoms with Gasteiger partial charge in [0.15, 0.2) is 0 Å². The molecule has 0 atom stereocenters. The fourth-order valence-electron chi connectivity index (χ4n) is 3.76. The third-order valence-electron chi connectivity index (χ3n) is 5.32. The van der Waals surface area contributed by atoms with Crippen LogP contribution >= 0.6 is 0 Å². The van der Waals surface area contributed by atoms with Crippen molar-refractivity contribution >= 4 is 16.7 Å². The summed E-state index contributed by atoms with van der Waals surface area (Å²) in [7, 11) is 0. The number of carbonyl (C=O) groups excluding carboxylic acids is 1. The summed E-state index contributed by atoms with van der Waals surface area (Å²) in [5, 5.41) is 3.94. The number of unbranched alkanes of at least 4 members (excludes halogenated alkanes) is 1. The Hall–Kier alpha value is -2.17. The first-order valence-electron chi connectivity index (χ1n) is 9.71. The first-order chi connectivity index (χ1) is 12.6. The van der Waals surface area contributed by atoms with E-state index < -0.39 is 5.82 Å². The van der Waals surface area contributed by atoms with Gasteiger partial charge in [-0.15, -0.1) is 0 Å². The maximum atomic E-state index is 13.6. The lowest BCUT2D eigenvalue weighted by Gasteiger charge is -2.22. The van der Waals surface area contributed by atoms with Gasteiger partial charge >= 0.3 is 0 Å². The maximum absolute atomic E-state index is 13.6. The Kier molecular flexibility index (Phi) is 6.07. The van der Waals surface area contributed by atoms with Crippen molar-refractivity contribution in [1.29, 1.82) is 0 Å². The minimum Gasteiger partial charge on any atom is -0.350 e. The van der Waals surface area contributed by atoms with Crippen LogP contribution in [0.4, 0.5) is 4.39 Å². The van der Waals surface area contributed by atoms with E-state index in [1.165, 1.54) is 36.0 Å². The monoisotopic (exact) mass is 358 g/mol. The van der Waals surface area contributed by atoms with Crippen molar-refractivity contribution in [3.05, 3.63) is 46.1 Å². The molecular weight excluding hydrogens is 331 g/mol. The number of pyridine rings is 1. The lowest BCUT2D eigenvalue weighted by molar-refractivity contribution is 0.0933. The lowest BCUT2D eigenvalue weighted by atomic mass is 9.89. The Labute approximate surface area is 153 Å². The standard InChI is InChI=1S/C21H27FN2O2/c1-2-3-11-24-19(20(25)23-14-15-7-5-4-6-8-15)12-16-9-10-17(22)13-18(16)21(24)26/h9-10,12-13,15H,2-8,11,14H2,1H3,(H,23,25). The molecule has 26 heavy (non-hydrogen) atoms. The number of halogens is 1. The number of amides is 1. The zero-order chi connectivity index (χ0) is 18.5. The molecule has 1 heterocycles. The highest BCUT2D eigenvalue weighted by molar-refractivity contribution is 5.96. The molecule has 1 aromatic heterocycles. The highest BCUT2D eigenvalue weighted by Crippen LogP contribution is 2.23. The van der Waals surface area contributed by atoms with E-state index in [9.17, 15) is 14.0 Å². The van der Waals surface area contributed by atoms with Gasteiger partial charge in [0, 0.05) is 13.1 Å². The smallest absolute Gasteiger partial charge is 0.268 e. The minimum absolute atomic E-state index is 0.213. The summed E-state index contributed by atoms with van der Waals surface area (Å²) >= 11 is 0. The number of nitrogens with zero attached hydrogens (tertiary/aromatic N) is 1. The molecule has 1 aliphatic rings. The molecule has 0 unspecified atom stereocenters. The van der Waals surface area contributed by atoms with Crippen LogP contribution in [-0.4, -0.2) is 17.0 Å². The summed E-state index contributed by atoms with van der Waals surface area (Å²) < 4.78 is 15.1. The molecule has 3 rings (SSSR count). The minimum atomic E-state index is -0.439. The van der Waals surface area contributed by atoms with E-state index in [4.69, 9.17) is 0 Å². The van der Waals surface area contributed by atoms with Gasteiger partial charge in [0.25, 0.3) is 11.5 Å². The molecule has 0 radical (unpaired) electrons. The van der Waals surface area contributed by atoms with Crippen molar-refractivity contribution in [3.8, 4) is 0 Å². The average molecular weight is 358 g/mol. The third-order valence-corrected chi connectivity index (χ3v) is 5.32. The topological polar surface area (TPSA) is 51.1 Å². The van der Waals surface area contributed by atoms with E-state index >= 15 is 0 Å². The van der Waals surface area contributed by atoms with Crippen LogP contribution in [0.1, 0.15) is 62.4 Å². The predicted octanol–water partition coefficient (Wildman–Crippen LogP) is 4.25. The summed E-state index contributed by atoms with van der Waals surface area (Å²) in [4.78, 5) is 25.6. The van der Waals surface area contributed by atoms with Crippen LogP contribution in [-0.2, 0) is 6.54 Å². The Balaban J connectivity index is 1.90. The van der Waals surface area contributed by atoms with Crippen LogP contribution in [0.2, 0.25) is 0 Å². The number of carbonyl (C=O) groups is 1. The van der Waals surface area contributed by atoms with E-state index in [2.05, 4.69) is 5.32 Å². The first-order valence-corrected chi connectivity index (χ1v) is 9.71. The van der Waals surface area contributed by atoms with E-state index in [0.717, 1.165) is 25.7 Å². The molecule has 140 valence electrons. The van der Waals surface area contributed by atoms with Gasteiger partial charge in [-0.25, -0.2) is 4.39 Å². The average Bonchev–Trinajstić information content (AvgIpc) is 2.66. The van der Waals surface area contributed by atoms with Crippen molar-refractivity contribution in [2.75, 3.05) is 6.54 Å². The van der Waals surface area contributed by atoms with E-state index in [1.54, 1.807) is 12.1 Å². The van der Waals surface area contributed by atoms with E-state index in [-0.39, 0.29) is 11.5 Å². The van der Waals surface area contributed by atoms with Gasteiger partial charge < -0.3 is 9.88 Å². The van der Waals surface area contributed by atoms with Gasteiger partial charge in [0.05, 0.1) is 5.39 Å².